The van der Waals surface area contributed by atoms with Crippen molar-refractivity contribution in [1.82, 2.24) is 10.9 Å². The topological polar surface area (TPSA) is 227 Å². The summed E-state index contributed by atoms with van der Waals surface area (Å²) in [6.07, 6.45) is 0. The summed E-state index contributed by atoms with van der Waals surface area (Å²) in [5.41, 5.74) is 3.92. The van der Waals surface area contributed by atoms with Crippen LogP contribution in [0, 0.1) is 25.6 Å². The molecule has 0 unspecified atom stereocenters. The molecule has 0 spiro atoms. The quantitative estimate of drug-likeness (QED) is 0.0718. The molecule has 0 atom stereocenters. The number of nitrogens with two attached hydrogens (primary N) is 2. The van der Waals surface area contributed by atoms with E-state index in [1.165, 1.54) is 0 Å². The van der Waals surface area contributed by atoms with Gasteiger partial charge in [-0.25, -0.2) is 11.7 Å². The van der Waals surface area contributed by atoms with Crippen LogP contribution in [-0.2, 0) is 0 Å². The van der Waals surface area contributed by atoms with E-state index in [1.807, 2.05) is 10.9 Å². The van der Waals surface area contributed by atoms with Crippen molar-refractivity contribution in [3.63, 3.8) is 0 Å². The Morgan fingerprint density at radius 1 is 1.14 bits per heavy atom. The summed E-state index contributed by atoms with van der Waals surface area (Å²) in [5, 5.41) is 33.8. The third-order valence-electron chi connectivity index (χ3n) is 0.289. The maximum Gasteiger partial charge on any atom is 0.291 e. The van der Waals surface area contributed by atoms with Crippen molar-refractivity contribution in [2.75, 3.05) is 0 Å². The molecule has 0 aliphatic heterocycles. The third-order valence-corrected chi connectivity index (χ3v) is 0.289. The van der Waals surface area contributed by atoms with Gasteiger partial charge in [-0.05, 0) is 0 Å². The molecular weight excluding hydrogens is 206 g/mol. The van der Waals surface area contributed by atoms with Crippen molar-refractivity contribution >= 4 is 5.96 Å². The first-order valence-corrected chi connectivity index (χ1v) is 2.46. The Morgan fingerprint density at radius 2 is 1.29 bits per heavy atom. The maximum atomic E-state index is 8.36. The van der Waals surface area contributed by atoms with Crippen LogP contribution in [0.1, 0.15) is 0 Å². The molecule has 0 aliphatic rings. The smallest absolute Gasteiger partial charge is 0.291 e. The first-order valence-electron chi connectivity index (χ1n) is 2.46. The average Bonchev–Trinajstić information content (AvgIpc) is 2.01. The van der Waals surface area contributed by atoms with Crippen LogP contribution in [0.3, 0.4) is 0 Å². The highest BCUT2D eigenvalue weighted by atomic mass is 16.9. The fraction of sp³-hybridized carbons (Fsp3) is 0. The van der Waals surface area contributed by atoms with E-state index in [-0.39, 0.29) is 5.96 Å². The highest BCUT2D eigenvalue weighted by Gasteiger charge is 1.76. The van der Waals surface area contributed by atoms with Crippen molar-refractivity contribution in [1.29, 1.82) is 5.41 Å². The molecule has 0 aromatic heterocycles. The summed E-state index contributed by atoms with van der Waals surface area (Å²) >= 11 is 0. The molecule has 0 saturated heterocycles. The predicted octanol–water partition coefficient (Wildman–Crippen LogP) is -2.85. The molecule has 0 aromatic carbocycles. The van der Waals surface area contributed by atoms with Gasteiger partial charge in [0, 0.05) is 0 Å². The molecule has 0 radical (unpaired) electrons. The van der Waals surface area contributed by atoms with Crippen LogP contribution in [0.5, 0.6) is 0 Å². The second-order valence-corrected chi connectivity index (χ2v) is 1.14. The van der Waals surface area contributed by atoms with Crippen LogP contribution in [0.15, 0.2) is 0 Å². The Bertz CT molecular complexity index is 153. The van der Waals surface area contributed by atoms with Gasteiger partial charge < -0.3 is 10.4 Å². The molecule has 0 heterocycles. The molecule has 0 aliphatic carbocycles. The first kappa shape index (κ1) is 17.6. The zero-order valence-electron chi connectivity index (χ0n) is 6.58. The Labute approximate surface area is 76.0 Å². The SMILES string of the molecule is N=C(NN)NN.O=[N+]([O-])O.O=[N+]([O-])O. The van der Waals surface area contributed by atoms with Crippen molar-refractivity contribution in [2.45, 2.75) is 0 Å². The molecule has 13 heteroatoms. The number of nitrogens with zero attached hydrogens (tertiary/aromatic N) is 2. The average molecular weight is 215 g/mol. The Morgan fingerprint density at radius 3 is 1.29 bits per heavy atom. The number of guanidine groups is 1. The van der Waals surface area contributed by atoms with E-state index in [1.54, 1.807) is 0 Å². The number of rotatable bonds is 0. The van der Waals surface area contributed by atoms with E-state index in [0.29, 0.717) is 0 Å². The van der Waals surface area contributed by atoms with Crippen molar-refractivity contribution < 1.29 is 20.6 Å². The van der Waals surface area contributed by atoms with Gasteiger partial charge in [-0.3, -0.25) is 16.3 Å². The van der Waals surface area contributed by atoms with E-state index in [4.69, 9.17) is 36.1 Å². The van der Waals surface area contributed by atoms with E-state index in [9.17, 15) is 0 Å². The summed E-state index contributed by atoms with van der Waals surface area (Å²) in [5.74, 6) is 9.23. The fourth-order valence-corrected chi connectivity index (χ4v) is 0.0417. The van der Waals surface area contributed by atoms with Gasteiger partial charge in [-0.1, -0.05) is 0 Å². The Hall–Kier alpha value is -2.41. The van der Waals surface area contributed by atoms with Gasteiger partial charge in [-0.15, -0.1) is 20.2 Å². The second-order valence-electron chi connectivity index (χ2n) is 1.14. The summed E-state index contributed by atoms with van der Waals surface area (Å²) in [6.45, 7) is 0. The minimum atomic E-state index is -1.50. The maximum absolute atomic E-state index is 8.36. The Kier molecular flexibility index (Phi) is 16.6. The van der Waals surface area contributed by atoms with Crippen LogP contribution < -0.4 is 22.5 Å². The molecule has 0 bridgehead atoms. The zero-order valence-corrected chi connectivity index (χ0v) is 6.58. The molecular formula is CH9N7O6. The van der Waals surface area contributed by atoms with Crippen LogP contribution in [0.25, 0.3) is 0 Å². The highest BCUT2D eigenvalue weighted by Crippen LogP contribution is 1.38. The van der Waals surface area contributed by atoms with E-state index in [2.05, 4.69) is 11.7 Å². The van der Waals surface area contributed by atoms with E-state index < -0.39 is 10.2 Å². The molecule has 84 valence electrons. The minimum absolute atomic E-state index is 0.102. The van der Waals surface area contributed by atoms with Crippen LogP contribution in [0.4, 0.5) is 0 Å². The Balaban J connectivity index is -0.000000135. The monoisotopic (exact) mass is 215 g/mol. The summed E-state index contributed by atoms with van der Waals surface area (Å²) < 4.78 is 0. The predicted molar refractivity (Wildman–Crippen MR) is 39.9 cm³/mol. The standard InChI is InChI=1S/CH7N5.2HNO3/c2-1(5-3)6-4;2*2-1(3)4/h3-4H2,(H3,2,5,6);2*(H,2,3,4). The fourth-order valence-electron chi connectivity index (χ4n) is 0.0417. The van der Waals surface area contributed by atoms with Gasteiger partial charge in [0.25, 0.3) is 10.2 Å². The largest absolute Gasteiger partial charge is 0.328 e. The van der Waals surface area contributed by atoms with Gasteiger partial charge >= 0.3 is 0 Å². The molecule has 0 aromatic rings. The minimum Gasteiger partial charge on any atom is -0.328 e. The zero-order chi connectivity index (χ0) is 12.1. The van der Waals surface area contributed by atoms with Crippen molar-refractivity contribution in [2.24, 2.45) is 11.7 Å². The lowest BCUT2D eigenvalue weighted by Gasteiger charge is -1.95. The lowest BCUT2D eigenvalue weighted by molar-refractivity contribution is -0.742. The van der Waals surface area contributed by atoms with Crippen LogP contribution in [0.2, 0.25) is 0 Å². The molecule has 0 amide bonds. The van der Waals surface area contributed by atoms with E-state index in [0.717, 1.165) is 0 Å². The molecule has 0 rings (SSSR count). The molecule has 13 nitrogen and oxygen atoms in total. The molecule has 0 saturated carbocycles. The summed E-state index contributed by atoms with van der Waals surface area (Å²) in [4.78, 5) is 16.7. The van der Waals surface area contributed by atoms with Gasteiger partial charge in [-0.2, -0.15) is 0 Å². The molecule has 14 heavy (non-hydrogen) atoms. The number of hydrogen-bond donors (Lipinski definition) is 7. The number of hydrogen-bond acceptors (Lipinski definition) is 7. The van der Waals surface area contributed by atoms with Crippen LogP contribution in [-0.4, -0.2) is 26.5 Å². The molecule has 9 N–H and O–H groups in total. The lowest BCUT2D eigenvalue weighted by atomic mass is 11.1. The highest BCUT2D eigenvalue weighted by molar-refractivity contribution is 5.74. The van der Waals surface area contributed by atoms with Gasteiger partial charge in [0.1, 0.15) is 0 Å². The van der Waals surface area contributed by atoms with Gasteiger partial charge in [0.2, 0.25) is 5.96 Å². The van der Waals surface area contributed by atoms with Crippen molar-refractivity contribution in [3.05, 3.63) is 20.2 Å². The number of hydrazine groups is 2. The van der Waals surface area contributed by atoms with Crippen molar-refractivity contribution in [3.8, 4) is 0 Å². The van der Waals surface area contributed by atoms with E-state index >= 15 is 0 Å². The summed E-state index contributed by atoms with van der Waals surface area (Å²) in [6, 6.07) is 0. The second kappa shape index (κ2) is 13.2. The normalized spacial score (nSPS) is 6.43. The van der Waals surface area contributed by atoms with Gasteiger partial charge in [0.05, 0.1) is 0 Å². The van der Waals surface area contributed by atoms with Crippen LogP contribution >= 0.6 is 0 Å². The number of nitrogens with one attached hydrogen (secondary N) is 3. The molecule has 0 fully saturated rings. The first-order chi connectivity index (χ1) is 6.27. The summed E-state index contributed by atoms with van der Waals surface area (Å²) in [7, 11) is 0. The third kappa shape index (κ3) is 280. The van der Waals surface area contributed by atoms with Gasteiger partial charge in [0.15, 0.2) is 0 Å². The lowest BCUT2D eigenvalue weighted by Crippen LogP contribution is -2.44.